The molecule has 0 aromatic rings. The van der Waals surface area contributed by atoms with Crippen LogP contribution in [0.3, 0.4) is 0 Å². The lowest BCUT2D eigenvalue weighted by Crippen LogP contribution is -2.53. The van der Waals surface area contributed by atoms with E-state index in [2.05, 4.69) is 148 Å². The third-order valence-electron chi connectivity index (χ3n) is 17.9. The monoisotopic (exact) mass is 1060 g/mol. The molecule has 0 bridgehead atoms. The van der Waals surface area contributed by atoms with E-state index in [1.165, 1.54) is 292 Å². The smallest absolute Gasteiger partial charge is 0.0224 e. The molecular weight excluding hydrogens is 927 g/mol. The maximum Gasteiger partial charge on any atom is 0.0224 e. The zero-order valence-electron chi connectivity index (χ0n) is 52.0. The SMILES string of the molecule is C.CC1CCN(C)CC1.CC1CCNCC1.CN1CCCCC1.CN1CCCCC1.CN1CCCCCC1.CN1CCN(C)CC1.CN1CCN(C)CC1.CN1CCN2CCCC2C1.CN1CCN2CCCCC2C1. The van der Waals surface area contributed by atoms with Crippen LogP contribution in [0.15, 0.2) is 0 Å². The van der Waals surface area contributed by atoms with Crippen LogP contribution in [0.5, 0.6) is 0 Å². The number of hydrogen-bond donors (Lipinski definition) is 1. The topological polar surface area (TPSA) is 50.9 Å². The maximum atomic E-state index is 3.32. The Hall–Kier alpha value is -0.520. The molecule has 11 saturated heterocycles. The molecule has 11 aliphatic heterocycles. The van der Waals surface area contributed by atoms with Crippen LogP contribution < -0.4 is 5.32 Å². The maximum absolute atomic E-state index is 3.32. The Labute approximate surface area is 470 Å². The van der Waals surface area contributed by atoms with Gasteiger partial charge in [0.25, 0.3) is 0 Å². The van der Waals surface area contributed by atoms with Gasteiger partial charge in [-0.3, -0.25) is 9.80 Å². The van der Waals surface area contributed by atoms with Crippen LogP contribution in [0.4, 0.5) is 0 Å². The summed E-state index contributed by atoms with van der Waals surface area (Å²) in [6.45, 7) is 38.0. The van der Waals surface area contributed by atoms with Gasteiger partial charge in [0.2, 0.25) is 0 Å². The van der Waals surface area contributed by atoms with Crippen molar-refractivity contribution in [2.75, 3.05) is 241 Å². The van der Waals surface area contributed by atoms with E-state index in [9.17, 15) is 0 Å². The normalized spacial score (nSPS) is 28.2. The lowest BCUT2D eigenvalue weighted by Gasteiger charge is -2.42. The Morgan fingerprint density at radius 3 is 0.840 bits per heavy atom. The molecule has 11 fully saturated rings. The van der Waals surface area contributed by atoms with Crippen molar-refractivity contribution in [3.8, 4) is 0 Å². The fourth-order valence-corrected chi connectivity index (χ4v) is 11.7. The van der Waals surface area contributed by atoms with Crippen molar-refractivity contribution in [1.29, 1.82) is 0 Å². The average Bonchev–Trinajstić information content (AvgIpc) is 3.74. The van der Waals surface area contributed by atoms with E-state index in [1.807, 2.05) is 0 Å². The quantitative estimate of drug-likeness (QED) is 0.260. The number of hydrogen-bond acceptors (Lipinski definition) is 13. The summed E-state index contributed by atoms with van der Waals surface area (Å²) in [6.07, 6.45) is 27.0. The van der Waals surface area contributed by atoms with Crippen molar-refractivity contribution in [1.82, 2.24) is 64.1 Å². The van der Waals surface area contributed by atoms with Crippen LogP contribution in [0.25, 0.3) is 0 Å². The fraction of sp³-hybridized carbons (Fsp3) is 1.00. The van der Waals surface area contributed by atoms with Crippen LogP contribution >= 0.6 is 0 Å². The summed E-state index contributed by atoms with van der Waals surface area (Å²) in [5.74, 6) is 1.95. The highest BCUT2D eigenvalue weighted by Crippen LogP contribution is 2.21. The summed E-state index contributed by atoms with van der Waals surface area (Å²) in [4.78, 5) is 29.3. The van der Waals surface area contributed by atoms with E-state index in [0.29, 0.717) is 0 Å². The molecule has 2 atom stereocenters. The van der Waals surface area contributed by atoms with Crippen LogP contribution in [0.2, 0.25) is 0 Å². The summed E-state index contributed by atoms with van der Waals surface area (Å²) in [7, 11) is 22.0. The van der Waals surface area contributed by atoms with Gasteiger partial charge in [0, 0.05) is 104 Å². The molecule has 0 amide bonds. The Balaban J connectivity index is 0.000000290. The summed E-state index contributed by atoms with van der Waals surface area (Å²) in [5, 5.41) is 3.32. The molecular formula is C62H135N13. The minimum atomic E-state index is 0. The molecule has 0 aromatic carbocycles. The second-order valence-electron chi connectivity index (χ2n) is 25.6. The third kappa shape index (κ3) is 36.5. The van der Waals surface area contributed by atoms with Gasteiger partial charge in [-0.1, -0.05) is 53.4 Å². The minimum absolute atomic E-state index is 0. The van der Waals surface area contributed by atoms with Gasteiger partial charge >= 0.3 is 0 Å². The van der Waals surface area contributed by atoms with Crippen molar-refractivity contribution < 1.29 is 0 Å². The molecule has 0 saturated carbocycles. The van der Waals surface area contributed by atoms with E-state index in [-0.39, 0.29) is 7.43 Å². The van der Waals surface area contributed by atoms with Crippen molar-refractivity contribution >= 4 is 0 Å². The Bertz CT molecular complexity index is 1120. The number of likely N-dealkylation sites (tertiary alicyclic amines) is 4. The standard InChI is InChI=1S/C9H18N2.C8H16N2.2C7H15N.2C6H14N2.3C6H13N.CH4/c1-10-6-7-11-5-3-2-4-9(11)8-10;1-9-5-6-10-4-2-3-8(10)7-9;1-7-3-5-8(2)6-4-7;1-8-6-4-2-3-5-7-8;2*1-7-3-5-8(2)6-4-7;1-6-2-4-7-5-3-6;2*1-7-5-3-2-4-6-7;/h9H,2-8H2,1H3;8H,2-7H2,1H3;7H,3-6H2,1-2H3;2-7H2,1H3;2*3-6H2,1-2H3;6-7H,2-5H2,1H3;2*2-6H2,1H3;1H4. The molecule has 0 radical (unpaired) electrons. The van der Waals surface area contributed by atoms with E-state index in [4.69, 9.17) is 0 Å². The zero-order chi connectivity index (χ0) is 53.8. The highest BCUT2D eigenvalue weighted by Gasteiger charge is 2.29. The first-order valence-corrected chi connectivity index (χ1v) is 31.7. The van der Waals surface area contributed by atoms with Crippen LogP contribution in [0.1, 0.15) is 143 Å². The van der Waals surface area contributed by atoms with Crippen LogP contribution in [0, 0.1) is 11.8 Å². The Morgan fingerprint density at radius 1 is 0.240 bits per heavy atom. The van der Waals surface area contributed by atoms with Gasteiger partial charge in [-0.25, -0.2) is 0 Å². The molecule has 448 valence electrons. The molecule has 0 aliphatic carbocycles. The molecule has 11 rings (SSSR count). The summed E-state index contributed by atoms with van der Waals surface area (Å²) >= 11 is 0. The van der Waals surface area contributed by atoms with Crippen LogP contribution in [-0.4, -0.2) is 312 Å². The van der Waals surface area contributed by atoms with Crippen molar-refractivity contribution in [3.05, 3.63) is 0 Å². The van der Waals surface area contributed by atoms with Gasteiger partial charge in [-0.15, -0.1) is 0 Å². The molecule has 13 nitrogen and oxygen atoms in total. The summed E-state index contributed by atoms with van der Waals surface area (Å²) in [5.41, 5.74) is 0. The van der Waals surface area contributed by atoms with E-state index >= 15 is 0 Å². The molecule has 13 heteroatoms. The number of fused-ring (bicyclic) bond motifs is 2. The van der Waals surface area contributed by atoms with Crippen molar-refractivity contribution in [2.45, 2.75) is 155 Å². The summed E-state index contributed by atoms with van der Waals surface area (Å²) in [6, 6.07) is 1.79. The van der Waals surface area contributed by atoms with Gasteiger partial charge in [-0.2, -0.15) is 0 Å². The number of nitrogens with zero attached hydrogens (tertiary/aromatic N) is 12. The van der Waals surface area contributed by atoms with Gasteiger partial charge < -0.3 is 54.3 Å². The Kier molecular flexibility index (Phi) is 41.6. The van der Waals surface area contributed by atoms with E-state index < -0.39 is 0 Å². The highest BCUT2D eigenvalue weighted by molar-refractivity contribution is 4.86. The predicted octanol–water partition coefficient (Wildman–Crippen LogP) is 7.60. The molecule has 75 heavy (non-hydrogen) atoms. The Morgan fingerprint density at radius 2 is 0.507 bits per heavy atom. The average molecular weight is 1060 g/mol. The van der Waals surface area contributed by atoms with Gasteiger partial charge in [0.15, 0.2) is 0 Å². The van der Waals surface area contributed by atoms with E-state index in [1.54, 1.807) is 0 Å². The third-order valence-corrected chi connectivity index (χ3v) is 17.9. The number of piperidine rings is 5. The number of rotatable bonds is 0. The predicted molar refractivity (Wildman–Crippen MR) is 331 cm³/mol. The lowest BCUT2D eigenvalue weighted by atomic mass is 10.00. The van der Waals surface area contributed by atoms with E-state index in [0.717, 1.165) is 23.9 Å². The lowest BCUT2D eigenvalue weighted by molar-refractivity contribution is 0.0623. The molecule has 11 aliphatic rings. The minimum Gasteiger partial charge on any atom is -0.317 e. The molecule has 0 spiro atoms. The molecule has 11 heterocycles. The van der Waals surface area contributed by atoms with Crippen molar-refractivity contribution in [3.63, 3.8) is 0 Å². The van der Waals surface area contributed by atoms with Crippen LogP contribution in [-0.2, 0) is 0 Å². The second-order valence-corrected chi connectivity index (χ2v) is 25.6. The highest BCUT2D eigenvalue weighted by atomic mass is 15.3. The number of likely N-dealkylation sites (N-methyl/N-ethyl adjacent to an activating group) is 6. The second kappa shape index (κ2) is 44.2. The first kappa shape index (κ1) is 70.6. The number of piperazine rings is 4. The van der Waals surface area contributed by atoms with Gasteiger partial charge in [0.1, 0.15) is 0 Å². The molecule has 1 N–H and O–H groups in total. The molecule has 2 unspecified atom stereocenters. The molecule has 0 aromatic heterocycles. The summed E-state index contributed by atoms with van der Waals surface area (Å²) < 4.78 is 0. The first-order valence-electron chi connectivity index (χ1n) is 31.7. The van der Waals surface area contributed by atoms with Gasteiger partial charge in [0.05, 0.1) is 0 Å². The largest absolute Gasteiger partial charge is 0.317 e. The first-order chi connectivity index (χ1) is 35.7. The fourth-order valence-electron chi connectivity index (χ4n) is 11.7. The van der Waals surface area contributed by atoms with Crippen molar-refractivity contribution in [2.24, 2.45) is 11.8 Å². The van der Waals surface area contributed by atoms with Gasteiger partial charge in [-0.05, 0) is 251 Å². The zero-order valence-corrected chi connectivity index (χ0v) is 52.0. The number of nitrogens with one attached hydrogen (secondary N) is 1.